The maximum Gasteiger partial charge on any atom is 0.228 e. The third-order valence-electron chi connectivity index (χ3n) is 4.11. The van der Waals surface area contributed by atoms with Crippen molar-refractivity contribution in [2.45, 2.75) is 13.3 Å². The van der Waals surface area contributed by atoms with Crippen LogP contribution in [0.1, 0.15) is 11.4 Å². The minimum absolute atomic E-state index is 0.614. The summed E-state index contributed by atoms with van der Waals surface area (Å²) in [6, 6.07) is 7.99. The molecule has 0 atom stereocenters. The molecule has 3 rings (SSSR count). The first kappa shape index (κ1) is 15.7. The Kier molecular flexibility index (Phi) is 5.02. The Bertz CT molecular complexity index is 640. The van der Waals surface area contributed by atoms with E-state index in [1.54, 1.807) is 19.4 Å². The second kappa shape index (κ2) is 7.37. The van der Waals surface area contributed by atoms with Crippen LogP contribution in [0.15, 0.2) is 30.5 Å². The maximum absolute atomic E-state index is 5.17. The molecule has 0 N–H and O–H groups in total. The van der Waals surface area contributed by atoms with Gasteiger partial charge in [-0.1, -0.05) is 6.07 Å². The molecule has 23 heavy (non-hydrogen) atoms. The van der Waals surface area contributed by atoms with Crippen LogP contribution in [0.2, 0.25) is 0 Å². The molecule has 0 bridgehead atoms. The molecule has 6 nitrogen and oxygen atoms in total. The first-order valence-corrected chi connectivity index (χ1v) is 8.01. The molecule has 6 heteroatoms. The lowest BCUT2D eigenvalue weighted by molar-refractivity contribution is 0.258. The van der Waals surface area contributed by atoms with E-state index in [9.17, 15) is 0 Å². The van der Waals surface area contributed by atoms with Crippen LogP contribution in [-0.4, -0.2) is 59.7 Å². The van der Waals surface area contributed by atoms with Crippen LogP contribution < -0.4 is 9.64 Å². The minimum Gasteiger partial charge on any atom is -0.481 e. The number of anilines is 1. The Labute approximate surface area is 137 Å². The van der Waals surface area contributed by atoms with E-state index in [1.807, 2.05) is 13.0 Å². The number of rotatable bonds is 5. The van der Waals surface area contributed by atoms with E-state index in [-0.39, 0.29) is 0 Å². The van der Waals surface area contributed by atoms with Gasteiger partial charge in [0.15, 0.2) is 0 Å². The fourth-order valence-corrected chi connectivity index (χ4v) is 2.78. The molecule has 3 heterocycles. The number of aromatic nitrogens is 3. The topological polar surface area (TPSA) is 54.4 Å². The summed E-state index contributed by atoms with van der Waals surface area (Å²) in [5.41, 5.74) is 2.26. The average Bonchev–Trinajstić information content (AvgIpc) is 2.60. The van der Waals surface area contributed by atoms with E-state index < -0.39 is 0 Å². The van der Waals surface area contributed by atoms with Crippen molar-refractivity contribution < 1.29 is 4.74 Å². The average molecular weight is 313 g/mol. The summed E-state index contributed by atoms with van der Waals surface area (Å²) in [6.45, 7) is 7.00. The van der Waals surface area contributed by atoms with Crippen LogP contribution in [0, 0.1) is 6.92 Å². The molecule has 1 saturated heterocycles. The standard InChI is InChI=1S/C17H23N5O/c1-14-4-3-5-15(19-14)7-9-21-10-12-22(13-11-21)17-18-8-6-16(20-17)23-2/h3-6,8H,7,9-13H2,1-2H3. The van der Waals surface area contributed by atoms with Gasteiger partial charge in [-0.05, 0) is 19.1 Å². The van der Waals surface area contributed by atoms with Crippen LogP contribution in [0.5, 0.6) is 5.88 Å². The van der Waals surface area contributed by atoms with E-state index in [1.165, 1.54) is 5.69 Å². The summed E-state index contributed by atoms with van der Waals surface area (Å²) in [7, 11) is 1.63. The molecule has 0 aromatic carbocycles. The quantitative estimate of drug-likeness (QED) is 0.835. The molecule has 0 aliphatic carbocycles. The number of methoxy groups -OCH3 is 1. The molecule has 0 radical (unpaired) electrons. The van der Waals surface area contributed by atoms with E-state index in [2.05, 4.69) is 36.9 Å². The summed E-state index contributed by atoms with van der Waals surface area (Å²) in [5, 5.41) is 0. The molecule has 0 saturated carbocycles. The van der Waals surface area contributed by atoms with Crippen molar-refractivity contribution in [2.75, 3.05) is 44.7 Å². The van der Waals surface area contributed by atoms with Gasteiger partial charge in [0.2, 0.25) is 11.8 Å². The van der Waals surface area contributed by atoms with Crippen LogP contribution in [-0.2, 0) is 6.42 Å². The highest BCUT2D eigenvalue weighted by molar-refractivity contribution is 5.32. The number of hydrogen-bond donors (Lipinski definition) is 0. The fraction of sp³-hybridized carbons (Fsp3) is 0.471. The Morgan fingerprint density at radius 3 is 2.65 bits per heavy atom. The van der Waals surface area contributed by atoms with Gasteiger partial charge >= 0.3 is 0 Å². The van der Waals surface area contributed by atoms with E-state index in [4.69, 9.17) is 4.74 Å². The van der Waals surface area contributed by atoms with Crippen molar-refractivity contribution in [3.05, 3.63) is 41.9 Å². The Morgan fingerprint density at radius 1 is 1.09 bits per heavy atom. The van der Waals surface area contributed by atoms with Crippen LogP contribution in [0.3, 0.4) is 0 Å². The molecule has 122 valence electrons. The van der Waals surface area contributed by atoms with Crippen molar-refractivity contribution in [1.82, 2.24) is 19.9 Å². The number of pyridine rings is 1. The van der Waals surface area contributed by atoms with Gasteiger partial charge in [0.1, 0.15) is 0 Å². The van der Waals surface area contributed by atoms with Gasteiger partial charge in [0, 0.05) is 62.8 Å². The number of hydrogen-bond acceptors (Lipinski definition) is 6. The predicted molar refractivity (Wildman–Crippen MR) is 89.9 cm³/mol. The predicted octanol–water partition coefficient (Wildman–Crippen LogP) is 1.55. The Balaban J connectivity index is 1.50. The summed E-state index contributed by atoms with van der Waals surface area (Å²) in [4.78, 5) is 18.0. The lowest BCUT2D eigenvalue weighted by Crippen LogP contribution is -2.47. The SMILES string of the molecule is COc1ccnc(N2CCN(CCc3cccc(C)n3)CC2)n1. The second-order valence-electron chi connectivity index (χ2n) is 5.75. The zero-order valence-corrected chi connectivity index (χ0v) is 13.8. The summed E-state index contributed by atoms with van der Waals surface area (Å²) in [6.07, 6.45) is 2.74. The van der Waals surface area contributed by atoms with E-state index >= 15 is 0 Å². The number of ether oxygens (including phenoxy) is 1. The fourth-order valence-electron chi connectivity index (χ4n) is 2.78. The largest absolute Gasteiger partial charge is 0.481 e. The summed E-state index contributed by atoms with van der Waals surface area (Å²) >= 11 is 0. The second-order valence-corrected chi connectivity index (χ2v) is 5.75. The third-order valence-corrected chi connectivity index (χ3v) is 4.11. The lowest BCUT2D eigenvalue weighted by atomic mass is 10.2. The van der Waals surface area contributed by atoms with Gasteiger partial charge in [0.05, 0.1) is 7.11 Å². The molecular formula is C17H23N5O. The van der Waals surface area contributed by atoms with Crippen LogP contribution in [0.4, 0.5) is 5.95 Å². The van der Waals surface area contributed by atoms with Gasteiger partial charge < -0.3 is 9.64 Å². The third kappa shape index (κ3) is 4.16. The maximum atomic E-state index is 5.17. The molecule has 0 spiro atoms. The first-order chi connectivity index (χ1) is 11.2. The van der Waals surface area contributed by atoms with E-state index in [0.717, 1.165) is 50.8 Å². The van der Waals surface area contributed by atoms with Crippen molar-refractivity contribution in [3.63, 3.8) is 0 Å². The smallest absolute Gasteiger partial charge is 0.228 e. The molecule has 0 unspecified atom stereocenters. The normalized spacial score (nSPS) is 15.7. The molecule has 1 aliphatic rings. The van der Waals surface area contributed by atoms with Gasteiger partial charge in [-0.3, -0.25) is 9.88 Å². The molecule has 2 aromatic heterocycles. The highest BCUT2D eigenvalue weighted by Gasteiger charge is 2.19. The Morgan fingerprint density at radius 2 is 1.91 bits per heavy atom. The summed E-state index contributed by atoms with van der Waals surface area (Å²) < 4.78 is 5.17. The lowest BCUT2D eigenvalue weighted by Gasteiger charge is -2.34. The highest BCUT2D eigenvalue weighted by Crippen LogP contribution is 2.14. The zero-order valence-electron chi connectivity index (χ0n) is 13.8. The highest BCUT2D eigenvalue weighted by atomic mass is 16.5. The molecule has 2 aromatic rings. The van der Waals surface area contributed by atoms with Crippen LogP contribution in [0.25, 0.3) is 0 Å². The van der Waals surface area contributed by atoms with Crippen LogP contribution >= 0.6 is 0 Å². The Hall–Kier alpha value is -2.21. The van der Waals surface area contributed by atoms with Gasteiger partial charge in [0.25, 0.3) is 0 Å². The number of piperazine rings is 1. The monoisotopic (exact) mass is 313 g/mol. The van der Waals surface area contributed by atoms with Gasteiger partial charge in [-0.2, -0.15) is 4.98 Å². The number of nitrogens with zero attached hydrogens (tertiary/aromatic N) is 5. The minimum atomic E-state index is 0.614. The van der Waals surface area contributed by atoms with Crippen molar-refractivity contribution in [2.24, 2.45) is 0 Å². The molecule has 1 aliphatic heterocycles. The molecular weight excluding hydrogens is 290 g/mol. The molecule has 1 fully saturated rings. The molecule has 0 amide bonds. The van der Waals surface area contributed by atoms with Crippen molar-refractivity contribution in [3.8, 4) is 5.88 Å². The summed E-state index contributed by atoms with van der Waals surface area (Å²) in [5.74, 6) is 1.37. The first-order valence-electron chi connectivity index (χ1n) is 8.01. The zero-order chi connectivity index (χ0) is 16.1. The van der Waals surface area contributed by atoms with Crippen molar-refractivity contribution in [1.29, 1.82) is 0 Å². The van der Waals surface area contributed by atoms with Crippen molar-refractivity contribution >= 4 is 5.95 Å². The number of aryl methyl sites for hydroxylation is 1. The van der Waals surface area contributed by atoms with Gasteiger partial charge in [-0.15, -0.1) is 0 Å². The van der Waals surface area contributed by atoms with Gasteiger partial charge in [-0.25, -0.2) is 4.98 Å². The van der Waals surface area contributed by atoms with E-state index in [0.29, 0.717) is 5.88 Å².